The molecule has 3 rings (SSSR count). The molecule has 0 fully saturated rings. The number of ether oxygens (including phenoxy) is 2. The van der Waals surface area contributed by atoms with Gasteiger partial charge >= 0.3 is 0 Å². The number of carbonyl (C=O) groups excluding carboxylic acids is 1. The second kappa shape index (κ2) is 7.91. The lowest BCUT2D eigenvalue weighted by Gasteiger charge is -2.16. The Hall–Kier alpha value is -3.01. The summed E-state index contributed by atoms with van der Waals surface area (Å²) in [7, 11) is 3.21. The van der Waals surface area contributed by atoms with E-state index in [-0.39, 0.29) is 11.9 Å². The zero-order chi connectivity index (χ0) is 18.5. The molecule has 0 radical (unpaired) electrons. The number of amides is 1. The summed E-state index contributed by atoms with van der Waals surface area (Å²) >= 11 is 0. The highest BCUT2D eigenvalue weighted by Crippen LogP contribution is 2.29. The molecule has 0 saturated carbocycles. The van der Waals surface area contributed by atoms with E-state index in [1.54, 1.807) is 14.2 Å². The molecule has 0 aliphatic heterocycles. The van der Waals surface area contributed by atoms with Crippen LogP contribution in [0.25, 0.3) is 10.8 Å². The zero-order valence-electron chi connectivity index (χ0n) is 15.3. The molecule has 1 unspecified atom stereocenters. The zero-order valence-corrected chi connectivity index (χ0v) is 15.3. The lowest BCUT2D eigenvalue weighted by molar-refractivity contribution is -0.121. The van der Waals surface area contributed by atoms with Gasteiger partial charge in [0.05, 0.1) is 26.7 Å². The molecule has 134 valence electrons. The normalized spacial score (nSPS) is 11.8. The van der Waals surface area contributed by atoms with E-state index >= 15 is 0 Å². The van der Waals surface area contributed by atoms with Crippen molar-refractivity contribution in [1.82, 2.24) is 5.32 Å². The van der Waals surface area contributed by atoms with Gasteiger partial charge in [-0.1, -0.05) is 48.5 Å². The molecular weight excluding hydrogens is 326 g/mol. The fourth-order valence-electron chi connectivity index (χ4n) is 3.03. The standard InChI is InChI=1S/C22H23NO3/c1-15(18-10-11-20(25-2)21(14-18)26-3)23-22(24)13-16-8-9-17-6-4-5-7-19(17)12-16/h4-12,14-15H,13H2,1-3H3,(H,23,24). The molecule has 26 heavy (non-hydrogen) atoms. The maximum Gasteiger partial charge on any atom is 0.224 e. The first-order chi connectivity index (χ1) is 12.6. The molecule has 0 bridgehead atoms. The van der Waals surface area contributed by atoms with Crippen LogP contribution in [0.2, 0.25) is 0 Å². The van der Waals surface area contributed by atoms with Gasteiger partial charge in [0.15, 0.2) is 11.5 Å². The molecular formula is C22H23NO3. The van der Waals surface area contributed by atoms with Crippen LogP contribution >= 0.6 is 0 Å². The highest BCUT2D eigenvalue weighted by atomic mass is 16.5. The molecule has 1 N–H and O–H groups in total. The molecule has 0 spiro atoms. The van der Waals surface area contributed by atoms with Crippen LogP contribution in [0.4, 0.5) is 0 Å². The van der Waals surface area contributed by atoms with Crippen molar-refractivity contribution in [1.29, 1.82) is 0 Å². The molecule has 0 saturated heterocycles. The van der Waals surface area contributed by atoms with Crippen LogP contribution in [-0.2, 0) is 11.2 Å². The number of carbonyl (C=O) groups is 1. The van der Waals surface area contributed by atoms with Crippen molar-refractivity contribution < 1.29 is 14.3 Å². The maximum atomic E-state index is 12.4. The number of methoxy groups -OCH3 is 2. The molecule has 0 aromatic heterocycles. The van der Waals surface area contributed by atoms with Crippen molar-refractivity contribution >= 4 is 16.7 Å². The van der Waals surface area contributed by atoms with Gasteiger partial charge in [-0.3, -0.25) is 4.79 Å². The topological polar surface area (TPSA) is 47.6 Å². The average molecular weight is 349 g/mol. The third-order valence-corrected chi connectivity index (χ3v) is 4.46. The van der Waals surface area contributed by atoms with Gasteiger partial charge in [-0.25, -0.2) is 0 Å². The smallest absolute Gasteiger partial charge is 0.224 e. The number of benzene rings is 3. The number of hydrogen-bond donors (Lipinski definition) is 1. The number of hydrogen-bond acceptors (Lipinski definition) is 3. The van der Waals surface area contributed by atoms with E-state index in [0.717, 1.165) is 16.5 Å². The minimum atomic E-state index is -0.122. The van der Waals surface area contributed by atoms with E-state index in [1.807, 2.05) is 43.3 Å². The Labute approximate surface area is 153 Å². The van der Waals surface area contributed by atoms with Crippen molar-refractivity contribution in [3.05, 3.63) is 71.8 Å². The Balaban J connectivity index is 1.68. The van der Waals surface area contributed by atoms with Crippen molar-refractivity contribution in [3.63, 3.8) is 0 Å². The van der Waals surface area contributed by atoms with Gasteiger partial charge < -0.3 is 14.8 Å². The summed E-state index contributed by atoms with van der Waals surface area (Å²) in [5.74, 6) is 1.31. The van der Waals surface area contributed by atoms with E-state index in [9.17, 15) is 4.79 Å². The minimum Gasteiger partial charge on any atom is -0.493 e. The third kappa shape index (κ3) is 3.97. The van der Waals surface area contributed by atoms with Crippen LogP contribution in [-0.4, -0.2) is 20.1 Å². The van der Waals surface area contributed by atoms with E-state index in [2.05, 4.69) is 29.6 Å². The van der Waals surface area contributed by atoms with Crippen molar-refractivity contribution in [2.24, 2.45) is 0 Å². The molecule has 0 heterocycles. The first kappa shape index (κ1) is 17.8. The number of fused-ring (bicyclic) bond motifs is 1. The first-order valence-electron chi connectivity index (χ1n) is 8.59. The Bertz CT molecular complexity index is 920. The summed E-state index contributed by atoms with van der Waals surface area (Å²) < 4.78 is 10.6. The van der Waals surface area contributed by atoms with Gasteiger partial charge in [0.1, 0.15) is 0 Å². The van der Waals surface area contributed by atoms with Crippen molar-refractivity contribution in [2.45, 2.75) is 19.4 Å². The van der Waals surface area contributed by atoms with Crippen LogP contribution in [0.15, 0.2) is 60.7 Å². The monoisotopic (exact) mass is 349 g/mol. The minimum absolute atomic E-state index is 0.0115. The number of rotatable bonds is 6. The number of nitrogens with one attached hydrogen (secondary N) is 1. The Morgan fingerprint density at radius 2 is 1.65 bits per heavy atom. The summed E-state index contributed by atoms with van der Waals surface area (Å²) in [6.45, 7) is 1.96. The van der Waals surface area contributed by atoms with Gasteiger partial charge in [0.25, 0.3) is 0 Å². The van der Waals surface area contributed by atoms with Gasteiger partial charge in [0, 0.05) is 0 Å². The molecule has 4 nitrogen and oxygen atoms in total. The molecule has 3 aromatic rings. The van der Waals surface area contributed by atoms with Gasteiger partial charge in [-0.15, -0.1) is 0 Å². The Morgan fingerprint density at radius 1 is 0.923 bits per heavy atom. The van der Waals surface area contributed by atoms with E-state index in [1.165, 1.54) is 5.39 Å². The third-order valence-electron chi connectivity index (χ3n) is 4.46. The second-order valence-electron chi connectivity index (χ2n) is 6.26. The summed E-state index contributed by atoms with van der Waals surface area (Å²) in [5, 5.41) is 5.37. The molecule has 0 aliphatic carbocycles. The summed E-state index contributed by atoms with van der Waals surface area (Å²) in [6, 6.07) is 19.8. The molecule has 3 aromatic carbocycles. The van der Waals surface area contributed by atoms with Crippen LogP contribution in [0.5, 0.6) is 11.5 Å². The molecule has 1 amide bonds. The van der Waals surface area contributed by atoms with Crippen molar-refractivity contribution in [3.8, 4) is 11.5 Å². The van der Waals surface area contributed by atoms with Gasteiger partial charge in [-0.2, -0.15) is 0 Å². The fourth-order valence-corrected chi connectivity index (χ4v) is 3.03. The van der Waals surface area contributed by atoms with Crippen LogP contribution in [0, 0.1) is 0 Å². The van der Waals surface area contributed by atoms with Crippen LogP contribution in [0.1, 0.15) is 24.1 Å². The van der Waals surface area contributed by atoms with Crippen molar-refractivity contribution in [2.75, 3.05) is 14.2 Å². The quantitative estimate of drug-likeness (QED) is 0.723. The van der Waals surface area contributed by atoms with Crippen LogP contribution < -0.4 is 14.8 Å². The first-order valence-corrected chi connectivity index (χ1v) is 8.59. The average Bonchev–Trinajstić information content (AvgIpc) is 2.67. The predicted octanol–water partition coefficient (Wildman–Crippen LogP) is 4.28. The molecule has 4 heteroatoms. The van der Waals surface area contributed by atoms with Crippen LogP contribution in [0.3, 0.4) is 0 Å². The fraction of sp³-hybridized carbons (Fsp3) is 0.227. The van der Waals surface area contributed by atoms with Gasteiger partial charge in [0.2, 0.25) is 5.91 Å². The highest BCUT2D eigenvalue weighted by molar-refractivity contribution is 5.85. The Morgan fingerprint density at radius 3 is 2.38 bits per heavy atom. The summed E-state index contributed by atoms with van der Waals surface area (Å²) in [6.07, 6.45) is 0.350. The maximum absolute atomic E-state index is 12.4. The molecule has 0 aliphatic rings. The van der Waals surface area contributed by atoms with E-state index in [4.69, 9.17) is 9.47 Å². The Kier molecular flexibility index (Phi) is 5.42. The van der Waals surface area contributed by atoms with E-state index in [0.29, 0.717) is 17.9 Å². The lowest BCUT2D eigenvalue weighted by Crippen LogP contribution is -2.28. The largest absolute Gasteiger partial charge is 0.493 e. The van der Waals surface area contributed by atoms with E-state index < -0.39 is 0 Å². The lowest BCUT2D eigenvalue weighted by atomic mass is 10.0. The van der Waals surface area contributed by atoms with Gasteiger partial charge in [-0.05, 0) is 41.0 Å². The summed E-state index contributed by atoms with van der Waals surface area (Å²) in [4.78, 5) is 12.4. The SMILES string of the molecule is COc1ccc(C(C)NC(=O)Cc2ccc3ccccc3c2)cc1OC. The predicted molar refractivity (Wildman–Crippen MR) is 104 cm³/mol. The highest BCUT2D eigenvalue weighted by Gasteiger charge is 2.13. The summed E-state index contributed by atoms with van der Waals surface area (Å²) in [5.41, 5.74) is 1.97. The second-order valence-corrected chi connectivity index (χ2v) is 6.26. The molecule has 1 atom stereocenters.